The van der Waals surface area contributed by atoms with E-state index >= 15 is 0 Å². The number of carbonyl (C=O) groups is 2. The summed E-state index contributed by atoms with van der Waals surface area (Å²) < 4.78 is 23.8. The number of rotatable bonds is 6. The number of amides is 1. The second kappa shape index (κ2) is 10.5. The van der Waals surface area contributed by atoms with Gasteiger partial charge in [0.15, 0.2) is 0 Å². The van der Waals surface area contributed by atoms with Gasteiger partial charge in [0.25, 0.3) is 0 Å². The molecule has 7 nitrogen and oxygen atoms in total. The third kappa shape index (κ3) is 5.54. The van der Waals surface area contributed by atoms with Crippen molar-refractivity contribution in [2.45, 2.75) is 45.3 Å². The van der Waals surface area contributed by atoms with Gasteiger partial charge in [-0.3, -0.25) is 14.1 Å². The fourth-order valence-electron chi connectivity index (χ4n) is 4.61. The Hall–Kier alpha value is -3.80. The maximum atomic E-state index is 12.7. The molecule has 1 N–H and O–H groups in total. The van der Waals surface area contributed by atoms with Crippen molar-refractivity contribution in [1.82, 2.24) is 5.32 Å². The van der Waals surface area contributed by atoms with E-state index in [4.69, 9.17) is 17.7 Å². The zero-order valence-corrected chi connectivity index (χ0v) is 22.7. The monoisotopic (exact) mass is 531 g/mol. The topological polar surface area (TPSA) is 90.9 Å². The van der Waals surface area contributed by atoms with Crippen molar-refractivity contribution in [1.29, 1.82) is 0 Å². The van der Waals surface area contributed by atoms with Crippen LogP contribution in [0.25, 0.3) is 43.5 Å². The molecule has 5 aromatic rings. The van der Waals surface area contributed by atoms with Crippen LogP contribution in [0.15, 0.2) is 81.2 Å². The van der Waals surface area contributed by atoms with Gasteiger partial charge < -0.3 is 18.4 Å². The molecule has 196 valence electrons. The Morgan fingerprint density at radius 2 is 1.34 bits per heavy atom. The highest BCUT2D eigenvalue weighted by Gasteiger charge is 2.25. The van der Waals surface area contributed by atoms with Gasteiger partial charge in [-0.1, -0.05) is 60.7 Å². The summed E-state index contributed by atoms with van der Waals surface area (Å²) in [6.07, 6.45) is -0.969. The van der Waals surface area contributed by atoms with Crippen LogP contribution in [0, 0.1) is 0 Å². The lowest BCUT2D eigenvalue weighted by Gasteiger charge is -2.22. The molecule has 5 rings (SSSR count). The summed E-state index contributed by atoms with van der Waals surface area (Å²) in [6, 6.07) is 24.1. The van der Waals surface area contributed by atoms with Crippen LogP contribution in [0.3, 0.4) is 0 Å². The molecule has 0 radical (unpaired) electrons. The van der Waals surface area contributed by atoms with Gasteiger partial charge >= 0.3 is 14.2 Å². The van der Waals surface area contributed by atoms with Crippen molar-refractivity contribution in [2.75, 3.05) is 7.11 Å². The minimum atomic E-state index is -2.01. The summed E-state index contributed by atoms with van der Waals surface area (Å²) in [4.78, 5) is 24.9. The van der Waals surface area contributed by atoms with Gasteiger partial charge in [-0.15, -0.1) is 0 Å². The predicted octanol–water partition coefficient (Wildman–Crippen LogP) is 7.26. The number of hydrogen-bond donors (Lipinski definition) is 1. The third-order valence-electron chi connectivity index (χ3n) is 6.16. The molecule has 0 spiro atoms. The fourth-order valence-corrected chi connectivity index (χ4v) is 5.75. The molecule has 0 unspecified atom stereocenters. The maximum absolute atomic E-state index is 12.7. The summed E-state index contributed by atoms with van der Waals surface area (Å²) >= 11 is 0. The minimum absolute atomic E-state index is 0.0485. The lowest BCUT2D eigenvalue weighted by molar-refractivity contribution is -0.142. The second-order valence-corrected chi connectivity index (χ2v) is 11.3. The molecule has 0 aliphatic rings. The van der Waals surface area contributed by atoms with Crippen LogP contribution < -0.4 is 9.84 Å². The van der Waals surface area contributed by atoms with Gasteiger partial charge in [0.1, 0.15) is 11.2 Å². The molecule has 4 aromatic carbocycles. The highest BCUT2D eigenvalue weighted by atomic mass is 31.1. The van der Waals surface area contributed by atoms with E-state index in [1.807, 2.05) is 69.3 Å². The van der Waals surface area contributed by atoms with E-state index in [0.717, 1.165) is 32.3 Å². The smallest absolute Gasteiger partial charge is 0.387 e. The molecule has 0 saturated carbocycles. The van der Waals surface area contributed by atoms with E-state index in [-0.39, 0.29) is 18.7 Å². The second-order valence-electron chi connectivity index (χ2n) is 10.2. The summed E-state index contributed by atoms with van der Waals surface area (Å²) in [5.74, 6) is -0.727. The Morgan fingerprint density at radius 3 is 1.84 bits per heavy atom. The van der Waals surface area contributed by atoms with Gasteiger partial charge in [-0.25, -0.2) is 0 Å². The number of esters is 1. The number of nitrogens with one attached hydrogen (secondary N) is 1. The predicted molar refractivity (Wildman–Crippen MR) is 151 cm³/mol. The minimum Gasteiger partial charge on any atom is -0.469 e. The maximum Gasteiger partial charge on any atom is 0.387 e. The number of methoxy groups -OCH3 is 1. The Bertz CT molecular complexity index is 1600. The van der Waals surface area contributed by atoms with E-state index in [0.29, 0.717) is 11.2 Å². The SMILES string of the molecule is COC(=O)C[C@H](CC(=O)NC(C)(C)C)Op1oc2ccc3ccccc3c2c2c(ccc3ccccc32)o1. The van der Waals surface area contributed by atoms with Crippen molar-refractivity contribution in [2.24, 2.45) is 0 Å². The normalized spacial score (nSPS) is 12.6. The first-order valence-electron chi connectivity index (χ1n) is 12.5. The molecule has 1 aromatic heterocycles. The van der Waals surface area contributed by atoms with E-state index in [1.54, 1.807) is 0 Å². The Balaban J connectivity index is 1.70. The van der Waals surface area contributed by atoms with E-state index in [1.165, 1.54) is 7.11 Å². The molecule has 38 heavy (non-hydrogen) atoms. The van der Waals surface area contributed by atoms with E-state index < -0.39 is 25.9 Å². The first-order valence-corrected chi connectivity index (χ1v) is 13.6. The third-order valence-corrected chi connectivity index (χ3v) is 7.32. The van der Waals surface area contributed by atoms with Gasteiger partial charge in [-0.05, 0) is 54.4 Å². The van der Waals surface area contributed by atoms with Gasteiger partial charge in [-0.2, -0.15) is 0 Å². The van der Waals surface area contributed by atoms with Crippen LogP contribution in [0.2, 0.25) is 0 Å². The average molecular weight is 532 g/mol. The molecule has 0 aliphatic carbocycles. The summed E-state index contributed by atoms with van der Waals surface area (Å²) in [6.45, 7) is 5.68. The quantitative estimate of drug-likeness (QED) is 0.232. The molecule has 0 bridgehead atoms. The van der Waals surface area contributed by atoms with Crippen LogP contribution in [-0.2, 0) is 14.3 Å². The Morgan fingerprint density at radius 1 is 0.816 bits per heavy atom. The zero-order chi connectivity index (χ0) is 26.9. The van der Waals surface area contributed by atoms with Crippen LogP contribution >= 0.6 is 8.24 Å². The molecular weight excluding hydrogens is 501 g/mol. The summed E-state index contributed by atoms with van der Waals surface area (Å²) in [5.41, 5.74) is 0.801. The number of ether oxygens (including phenoxy) is 1. The molecule has 1 heterocycles. The van der Waals surface area contributed by atoms with Crippen LogP contribution in [0.5, 0.6) is 0 Å². The van der Waals surface area contributed by atoms with Crippen molar-refractivity contribution >= 4 is 63.6 Å². The first kappa shape index (κ1) is 25.8. The lowest BCUT2D eigenvalue weighted by Crippen LogP contribution is -2.42. The molecule has 0 aliphatic heterocycles. The molecule has 0 saturated heterocycles. The fraction of sp³-hybridized carbons (Fsp3) is 0.267. The Kier molecular flexibility index (Phi) is 7.15. The summed E-state index contributed by atoms with van der Waals surface area (Å²) in [7, 11) is -0.702. The molecule has 1 atom stereocenters. The standard InChI is InChI=1S/C30H30NO6P/c1-30(2,3)31-26(32)17-21(18-27(33)34-4)35-38-36-24-15-13-19-9-5-7-11-22(19)28(24)29-23-12-8-6-10-20(23)14-16-25(29)37-38/h5-16,21H,17-18H2,1-4H3,(H,31,32)/t21-/m0/s1. The van der Waals surface area contributed by atoms with Crippen LogP contribution in [-0.4, -0.2) is 30.6 Å². The number of hydrogen-bond acceptors (Lipinski definition) is 6. The van der Waals surface area contributed by atoms with Gasteiger partial charge in [0.05, 0.1) is 26.1 Å². The van der Waals surface area contributed by atoms with Crippen molar-refractivity contribution in [3.8, 4) is 0 Å². The number of carbonyl (C=O) groups excluding carboxylic acids is 2. The highest BCUT2D eigenvalue weighted by molar-refractivity contribution is 7.31. The van der Waals surface area contributed by atoms with Crippen molar-refractivity contribution < 1.29 is 27.2 Å². The van der Waals surface area contributed by atoms with E-state index in [9.17, 15) is 9.59 Å². The van der Waals surface area contributed by atoms with Crippen molar-refractivity contribution in [3.05, 3.63) is 72.8 Å². The van der Waals surface area contributed by atoms with Crippen molar-refractivity contribution in [3.63, 3.8) is 0 Å². The molecule has 1 amide bonds. The first-order chi connectivity index (χ1) is 18.2. The van der Waals surface area contributed by atoms with Gasteiger partial charge in [0, 0.05) is 16.3 Å². The largest absolute Gasteiger partial charge is 0.469 e. The summed E-state index contributed by atoms with van der Waals surface area (Å²) in [5, 5.41) is 8.95. The highest BCUT2D eigenvalue weighted by Crippen LogP contribution is 2.40. The molecule has 0 fully saturated rings. The van der Waals surface area contributed by atoms with Crippen LogP contribution in [0.4, 0.5) is 0 Å². The molecule has 8 heteroatoms. The zero-order valence-electron chi connectivity index (χ0n) is 21.8. The van der Waals surface area contributed by atoms with E-state index in [2.05, 4.69) is 29.6 Å². The average Bonchev–Trinajstić information content (AvgIpc) is 3.03. The van der Waals surface area contributed by atoms with Crippen LogP contribution in [0.1, 0.15) is 33.6 Å². The Labute approximate surface area is 221 Å². The molecular formula is C30H30NO6P. The number of fused-ring (bicyclic) bond motifs is 7. The lowest BCUT2D eigenvalue weighted by atomic mass is 9.99. The van der Waals surface area contributed by atoms with Gasteiger partial charge in [0.2, 0.25) is 5.91 Å². The number of benzene rings is 4.